The van der Waals surface area contributed by atoms with Crippen molar-refractivity contribution in [3.8, 4) is 6.07 Å². The van der Waals surface area contributed by atoms with Gasteiger partial charge in [-0.15, -0.1) is 0 Å². The third-order valence-electron chi connectivity index (χ3n) is 4.95. The summed E-state index contributed by atoms with van der Waals surface area (Å²) >= 11 is 1.40. The van der Waals surface area contributed by atoms with Crippen LogP contribution in [0.4, 0.5) is 5.69 Å². The summed E-state index contributed by atoms with van der Waals surface area (Å²) in [6, 6.07) is 10.3. The zero-order valence-corrected chi connectivity index (χ0v) is 16.9. The highest BCUT2D eigenvalue weighted by Gasteiger charge is 2.23. The second-order valence-corrected chi connectivity index (χ2v) is 8.28. The molecule has 1 aliphatic rings. The molecule has 140 valence electrons. The monoisotopic (exact) mass is 379 g/mol. The molecule has 3 rings (SSSR count). The molecule has 1 atom stereocenters. The van der Waals surface area contributed by atoms with E-state index in [1.807, 2.05) is 45.0 Å². The number of pyridine rings is 1. The standard InChI is InChI=1S/C22H25N3OS/c1-4-20(21(26)24-19-11-14(2)9-10-15(19)3)27-22-17(13-23)12-16-7-5-6-8-18(16)25-22/h9-12,20H,4-8H2,1-3H3,(H,24,26). The number of nitriles is 1. The quantitative estimate of drug-likeness (QED) is 0.746. The first kappa shape index (κ1) is 19.4. The number of anilines is 1. The molecule has 1 N–H and O–H groups in total. The van der Waals surface area contributed by atoms with E-state index in [1.54, 1.807) is 0 Å². The summed E-state index contributed by atoms with van der Waals surface area (Å²) in [7, 11) is 0. The molecule has 0 aliphatic heterocycles. The average molecular weight is 380 g/mol. The van der Waals surface area contributed by atoms with E-state index in [0.717, 1.165) is 48.2 Å². The van der Waals surface area contributed by atoms with Crippen LogP contribution in [0.3, 0.4) is 0 Å². The normalized spacial score (nSPS) is 14.1. The van der Waals surface area contributed by atoms with Gasteiger partial charge >= 0.3 is 0 Å². The smallest absolute Gasteiger partial charge is 0.237 e. The van der Waals surface area contributed by atoms with Crippen LogP contribution in [0, 0.1) is 25.2 Å². The van der Waals surface area contributed by atoms with E-state index < -0.39 is 0 Å². The first-order valence-corrected chi connectivity index (χ1v) is 10.4. The lowest BCUT2D eigenvalue weighted by Gasteiger charge is -2.19. The Hall–Kier alpha value is -2.32. The molecular formula is C22H25N3OS. The lowest BCUT2D eigenvalue weighted by Crippen LogP contribution is -2.25. The number of amides is 1. The number of nitrogens with zero attached hydrogens (tertiary/aromatic N) is 2. The lowest BCUT2D eigenvalue weighted by molar-refractivity contribution is -0.115. The molecule has 0 radical (unpaired) electrons. The third-order valence-corrected chi connectivity index (χ3v) is 6.32. The highest BCUT2D eigenvalue weighted by molar-refractivity contribution is 8.00. The van der Waals surface area contributed by atoms with Gasteiger partial charge in [0.25, 0.3) is 0 Å². The van der Waals surface area contributed by atoms with Gasteiger partial charge in [0.05, 0.1) is 10.8 Å². The fourth-order valence-corrected chi connectivity index (χ4v) is 4.32. The second-order valence-electron chi connectivity index (χ2n) is 7.09. The number of hydrogen-bond acceptors (Lipinski definition) is 4. The van der Waals surface area contributed by atoms with Crippen LogP contribution in [0.15, 0.2) is 29.3 Å². The van der Waals surface area contributed by atoms with Crippen molar-refractivity contribution in [1.29, 1.82) is 5.26 Å². The zero-order valence-electron chi connectivity index (χ0n) is 16.1. The van der Waals surface area contributed by atoms with Gasteiger partial charge in [-0.3, -0.25) is 4.79 Å². The number of thioether (sulfide) groups is 1. The fourth-order valence-electron chi connectivity index (χ4n) is 3.33. The molecule has 1 heterocycles. The van der Waals surface area contributed by atoms with Crippen molar-refractivity contribution in [3.05, 3.63) is 52.2 Å². The Morgan fingerprint density at radius 2 is 2.07 bits per heavy atom. The van der Waals surface area contributed by atoms with Gasteiger partial charge in [-0.25, -0.2) is 4.98 Å². The second kappa shape index (κ2) is 8.58. The maximum atomic E-state index is 12.9. The Morgan fingerprint density at radius 1 is 1.30 bits per heavy atom. The summed E-state index contributed by atoms with van der Waals surface area (Å²) in [5.41, 5.74) is 5.86. The Bertz CT molecular complexity index is 901. The van der Waals surface area contributed by atoms with Crippen LogP contribution < -0.4 is 5.32 Å². The third kappa shape index (κ3) is 4.51. The molecule has 1 aromatic carbocycles. The Balaban J connectivity index is 1.81. The number of carbonyl (C=O) groups excluding carboxylic acids is 1. The summed E-state index contributed by atoms with van der Waals surface area (Å²) in [6.45, 7) is 5.99. The van der Waals surface area contributed by atoms with Crippen molar-refractivity contribution in [1.82, 2.24) is 4.98 Å². The van der Waals surface area contributed by atoms with Gasteiger partial charge < -0.3 is 5.32 Å². The largest absolute Gasteiger partial charge is 0.325 e. The van der Waals surface area contributed by atoms with Crippen molar-refractivity contribution in [2.24, 2.45) is 0 Å². The summed E-state index contributed by atoms with van der Waals surface area (Å²) in [5, 5.41) is 13.0. The molecular weight excluding hydrogens is 354 g/mol. The van der Waals surface area contributed by atoms with Gasteiger partial charge in [-0.05, 0) is 74.8 Å². The predicted molar refractivity (Wildman–Crippen MR) is 110 cm³/mol. The number of nitrogens with one attached hydrogen (secondary N) is 1. The van der Waals surface area contributed by atoms with Crippen LogP contribution in [-0.2, 0) is 17.6 Å². The minimum absolute atomic E-state index is 0.0420. The van der Waals surface area contributed by atoms with Gasteiger partial charge in [0.15, 0.2) is 0 Å². The summed E-state index contributed by atoms with van der Waals surface area (Å²) in [4.78, 5) is 17.6. The topological polar surface area (TPSA) is 65.8 Å². The van der Waals surface area contributed by atoms with Crippen LogP contribution >= 0.6 is 11.8 Å². The SMILES string of the molecule is CCC(Sc1nc2c(cc1C#N)CCCC2)C(=O)Nc1cc(C)ccc1C. The molecule has 1 amide bonds. The highest BCUT2D eigenvalue weighted by atomic mass is 32.2. The van der Waals surface area contributed by atoms with E-state index in [1.165, 1.54) is 17.3 Å². The maximum Gasteiger partial charge on any atom is 0.237 e. The zero-order chi connectivity index (χ0) is 19.4. The molecule has 2 aromatic rings. The Morgan fingerprint density at radius 3 is 2.81 bits per heavy atom. The number of rotatable bonds is 5. The van der Waals surface area contributed by atoms with E-state index in [9.17, 15) is 10.1 Å². The van der Waals surface area contributed by atoms with Gasteiger partial charge in [-0.2, -0.15) is 5.26 Å². The Kier molecular flexibility index (Phi) is 6.18. The Labute approximate surface area is 165 Å². The van der Waals surface area contributed by atoms with Gasteiger partial charge in [0.1, 0.15) is 11.1 Å². The van der Waals surface area contributed by atoms with Gasteiger partial charge in [-0.1, -0.05) is 30.8 Å². The molecule has 0 fully saturated rings. The van der Waals surface area contributed by atoms with E-state index in [-0.39, 0.29) is 11.2 Å². The fraction of sp³-hybridized carbons (Fsp3) is 0.409. The average Bonchev–Trinajstić information content (AvgIpc) is 2.68. The maximum absolute atomic E-state index is 12.9. The molecule has 0 saturated carbocycles. The van der Waals surface area contributed by atoms with Crippen LogP contribution in [0.25, 0.3) is 0 Å². The number of aryl methyl sites for hydroxylation is 4. The minimum atomic E-state index is -0.286. The number of carbonyl (C=O) groups is 1. The number of aromatic nitrogens is 1. The van der Waals surface area contributed by atoms with Gasteiger partial charge in [0, 0.05) is 11.4 Å². The molecule has 1 aliphatic carbocycles. The van der Waals surface area contributed by atoms with Crippen molar-refractivity contribution < 1.29 is 4.79 Å². The summed E-state index contributed by atoms with van der Waals surface area (Å²) in [5.74, 6) is -0.0420. The number of fused-ring (bicyclic) bond motifs is 1. The van der Waals surface area contributed by atoms with Crippen LogP contribution in [0.1, 0.15) is 54.1 Å². The van der Waals surface area contributed by atoms with Crippen molar-refractivity contribution in [3.63, 3.8) is 0 Å². The molecule has 0 spiro atoms. The minimum Gasteiger partial charge on any atom is -0.325 e. The van der Waals surface area contributed by atoms with Crippen molar-refractivity contribution >= 4 is 23.4 Å². The molecule has 4 nitrogen and oxygen atoms in total. The van der Waals surface area contributed by atoms with Crippen molar-refractivity contribution in [2.75, 3.05) is 5.32 Å². The van der Waals surface area contributed by atoms with E-state index >= 15 is 0 Å². The molecule has 0 saturated heterocycles. The highest BCUT2D eigenvalue weighted by Crippen LogP contribution is 2.31. The first-order chi connectivity index (χ1) is 13.0. The van der Waals surface area contributed by atoms with Crippen LogP contribution in [-0.4, -0.2) is 16.1 Å². The lowest BCUT2D eigenvalue weighted by atomic mass is 9.95. The molecule has 1 unspecified atom stereocenters. The van der Waals surface area contributed by atoms with E-state index in [0.29, 0.717) is 17.0 Å². The van der Waals surface area contributed by atoms with E-state index in [2.05, 4.69) is 11.4 Å². The van der Waals surface area contributed by atoms with Gasteiger partial charge in [0.2, 0.25) is 5.91 Å². The molecule has 0 bridgehead atoms. The number of benzene rings is 1. The predicted octanol–water partition coefficient (Wildman–Crippen LogP) is 4.96. The summed E-state index contributed by atoms with van der Waals surface area (Å²) in [6.07, 6.45) is 4.92. The molecule has 5 heteroatoms. The number of hydrogen-bond donors (Lipinski definition) is 1. The molecule has 1 aromatic heterocycles. The van der Waals surface area contributed by atoms with Crippen molar-refractivity contribution in [2.45, 2.75) is 63.2 Å². The van der Waals surface area contributed by atoms with E-state index in [4.69, 9.17) is 4.98 Å². The van der Waals surface area contributed by atoms with Crippen LogP contribution in [0.5, 0.6) is 0 Å². The first-order valence-electron chi connectivity index (χ1n) is 9.49. The van der Waals surface area contributed by atoms with Crippen LogP contribution in [0.2, 0.25) is 0 Å². The summed E-state index contributed by atoms with van der Waals surface area (Å²) < 4.78 is 0. The molecule has 27 heavy (non-hydrogen) atoms.